The second-order valence-corrected chi connectivity index (χ2v) is 8.66. The van der Waals surface area contributed by atoms with E-state index in [1.807, 2.05) is 0 Å². The molecule has 2 rings (SSSR count). The van der Waals surface area contributed by atoms with Crippen LogP contribution in [0.4, 0.5) is 11.4 Å². The molecule has 0 aromatic heterocycles. The van der Waals surface area contributed by atoms with Gasteiger partial charge >= 0.3 is 35.8 Å². The number of ether oxygens (including phenoxy) is 6. The number of hydrogen-bond donors (Lipinski definition) is 2. The van der Waals surface area contributed by atoms with Crippen LogP contribution in [-0.2, 0) is 38.1 Å². The smallest absolute Gasteiger partial charge is 0.336 e. The van der Waals surface area contributed by atoms with E-state index in [0.29, 0.717) is 5.69 Å². The second-order valence-electron chi connectivity index (χ2n) is 8.66. The lowest BCUT2D eigenvalue weighted by atomic mass is 10.0. The lowest BCUT2D eigenvalue weighted by Crippen LogP contribution is -2.36. The molecule has 0 fully saturated rings. The molecule has 0 saturated heterocycles. The molecule has 0 bridgehead atoms. The first-order chi connectivity index (χ1) is 20.9. The SMILES string of the molecule is COC(=O)CN(CC(=O)OC)c1ccccc1OCCOc1cc(C(=O)O)c(C(=O)O)cc1N(CC(=O)OC)CC(=O)OC. The Morgan fingerprint density at radius 3 is 1.39 bits per heavy atom. The number of esters is 4. The van der Waals surface area contributed by atoms with E-state index >= 15 is 0 Å². The van der Waals surface area contributed by atoms with Gasteiger partial charge in [-0.2, -0.15) is 0 Å². The van der Waals surface area contributed by atoms with Crippen molar-refractivity contribution < 1.29 is 67.4 Å². The Morgan fingerprint density at radius 1 is 0.568 bits per heavy atom. The maximum absolute atomic E-state index is 12.1. The normalized spacial score (nSPS) is 10.2. The Bertz CT molecular complexity index is 1340. The minimum absolute atomic E-state index is 0.106. The van der Waals surface area contributed by atoms with Crippen molar-refractivity contribution in [3.63, 3.8) is 0 Å². The zero-order chi connectivity index (χ0) is 32.8. The monoisotopic (exact) mass is 620 g/mol. The lowest BCUT2D eigenvalue weighted by molar-refractivity contribution is -0.141. The van der Waals surface area contributed by atoms with Gasteiger partial charge in [-0.05, 0) is 24.3 Å². The van der Waals surface area contributed by atoms with Crippen LogP contribution >= 0.6 is 0 Å². The summed E-state index contributed by atoms with van der Waals surface area (Å²) in [7, 11) is 4.61. The first-order valence-corrected chi connectivity index (χ1v) is 12.7. The van der Waals surface area contributed by atoms with Crippen LogP contribution in [0.5, 0.6) is 11.5 Å². The van der Waals surface area contributed by atoms with Gasteiger partial charge in [-0.25, -0.2) is 9.59 Å². The third-order valence-electron chi connectivity index (χ3n) is 5.90. The molecule has 0 saturated carbocycles. The standard InChI is InChI=1S/C28H32N2O14/c1-39-23(31)13-29(14-24(32)40-2)19-7-5-6-8-21(19)43-9-10-44-22-12-18(28(37)38)17(27(35)36)11-20(22)30(15-25(33)41-3)16-26(34)42-4/h5-8,11-12H,9-10,13-16H2,1-4H3,(H,35,36)(H,37,38). The number of carbonyl (C=O) groups excluding carboxylic acids is 4. The van der Waals surface area contributed by atoms with Gasteiger partial charge in [-0.15, -0.1) is 0 Å². The summed E-state index contributed by atoms with van der Waals surface area (Å²) in [5, 5.41) is 19.3. The van der Waals surface area contributed by atoms with Crippen LogP contribution in [-0.4, -0.2) is 114 Å². The van der Waals surface area contributed by atoms with Crippen LogP contribution in [0.15, 0.2) is 36.4 Å². The predicted molar refractivity (Wildman–Crippen MR) is 150 cm³/mol. The minimum atomic E-state index is -1.57. The van der Waals surface area contributed by atoms with Crippen molar-refractivity contribution in [3.8, 4) is 11.5 Å². The Morgan fingerprint density at radius 2 is 0.955 bits per heavy atom. The number of carboxylic acids is 2. The van der Waals surface area contributed by atoms with E-state index in [2.05, 4.69) is 9.47 Å². The fourth-order valence-electron chi connectivity index (χ4n) is 3.76. The first kappa shape index (κ1) is 34.7. The summed E-state index contributed by atoms with van der Waals surface area (Å²) < 4.78 is 30.4. The summed E-state index contributed by atoms with van der Waals surface area (Å²) in [6.45, 7) is -2.07. The predicted octanol–water partition coefficient (Wildman–Crippen LogP) is 0.846. The fraction of sp³-hybridized carbons (Fsp3) is 0.357. The molecule has 0 atom stereocenters. The van der Waals surface area contributed by atoms with Crippen molar-refractivity contribution in [2.45, 2.75) is 0 Å². The fourth-order valence-corrected chi connectivity index (χ4v) is 3.76. The highest BCUT2D eigenvalue weighted by atomic mass is 16.5. The van der Waals surface area contributed by atoms with Gasteiger partial charge in [0.2, 0.25) is 0 Å². The Kier molecular flexibility index (Phi) is 13.2. The highest BCUT2D eigenvalue weighted by molar-refractivity contribution is 6.03. The van der Waals surface area contributed by atoms with Gasteiger partial charge in [0, 0.05) is 0 Å². The minimum Gasteiger partial charge on any atom is -0.488 e. The molecule has 0 radical (unpaired) electrons. The molecule has 0 spiro atoms. The van der Waals surface area contributed by atoms with Gasteiger partial charge in [-0.3, -0.25) is 19.2 Å². The number of hydrogen-bond acceptors (Lipinski definition) is 14. The molecule has 0 aliphatic heterocycles. The number of carboxylic acid groups (broad SMARTS) is 2. The van der Waals surface area contributed by atoms with E-state index in [-0.39, 0.29) is 43.5 Å². The van der Waals surface area contributed by atoms with Crippen LogP contribution in [0.1, 0.15) is 20.7 Å². The molecule has 0 amide bonds. The van der Waals surface area contributed by atoms with E-state index in [0.717, 1.165) is 31.3 Å². The number of methoxy groups -OCH3 is 4. The van der Waals surface area contributed by atoms with Gasteiger partial charge in [-0.1, -0.05) is 12.1 Å². The number of aromatic carboxylic acids is 2. The van der Waals surface area contributed by atoms with Gasteiger partial charge in [0.1, 0.15) is 50.9 Å². The van der Waals surface area contributed by atoms with E-state index in [1.165, 1.54) is 19.1 Å². The van der Waals surface area contributed by atoms with E-state index in [9.17, 15) is 39.0 Å². The van der Waals surface area contributed by atoms with Crippen molar-refractivity contribution >= 4 is 47.2 Å². The number of rotatable bonds is 17. The number of anilines is 2. The van der Waals surface area contributed by atoms with Crippen LogP contribution in [0.25, 0.3) is 0 Å². The van der Waals surface area contributed by atoms with Crippen molar-refractivity contribution in [2.24, 2.45) is 0 Å². The summed E-state index contributed by atoms with van der Waals surface area (Å²) in [6, 6.07) is 8.38. The second kappa shape index (κ2) is 16.8. The van der Waals surface area contributed by atoms with Crippen LogP contribution in [0.2, 0.25) is 0 Å². The zero-order valence-corrected chi connectivity index (χ0v) is 24.4. The third kappa shape index (κ3) is 9.78. The highest BCUT2D eigenvalue weighted by Gasteiger charge is 2.26. The maximum Gasteiger partial charge on any atom is 0.336 e. The summed E-state index contributed by atoms with van der Waals surface area (Å²) >= 11 is 0. The molecule has 2 aromatic carbocycles. The largest absolute Gasteiger partial charge is 0.488 e. The summed E-state index contributed by atoms with van der Waals surface area (Å²) in [5.41, 5.74) is -0.989. The van der Waals surface area contributed by atoms with Crippen molar-refractivity contribution in [3.05, 3.63) is 47.5 Å². The molecular weight excluding hydrogens is 588 g/mol. The number of benzene rings is 2. The summed E-state index contributed by atoms with van der Waals surface area (Å²) in [4.78, 5) is 74.3. The van der Waals surface area contributed by atoms with Gasteiger partial charge in [0.25, 0.3) is 0 Å². The van der Waals surface area contributed by atoms with Crippen LogP contribution < -0.4 is 19.3 Å². The molecule has 2 N–H and O–H groups in total. The molecule has 238 valence electrons. The average Bonchev–Trinajstić information content (AvgIpc) is 3.01. The van der Waals surface area contributed by atoms with E-state index in [4.69, 9.17) is 18.9 Å². The Labute approximate surface area is 251 Å². The summed E-state index contributed by atoms with van der Waals surface area (Å²) in [6.07, 6.45) is 0. The molecular formula is C28H32N2O14. The quantitative estimate of drug-likeness (QED) is 0.143. The Balaban J connectivity index is 2.40. The van der Waals surface area contributed by atoms with Crippen LogP contribution in [0, 0.1) is 0 Å². The van der Waals surface area contributed by atoms with Crippen molar-refractivity contribution in [1.29, 1.82) is 0 Å². The Hall–Kier alpha value is -5.54. The molecule has 0 unspecified atom stereocenters. The number of carbonyl (C=O) groups is 6. The topological polar surface area (TPSA) is 205 Å². The first-order valence-electron chi connectivity index (χ1n) is 12.7. The number of nitrogens with zero attached hydrogens (tertiary/aromatic N) is 2. The van der Waals surface area contributed by atoms with Gasteiger partial charge in [0.05, 0.1) is 50.9 Å². The molecule has 44 heavy (non-hydrogen) atoms. The highest BCUT2D eigenvalue weighted by Crippen LogP contribution is 2.33. The molecule has 16 nitrogen and oxygen atoms in total. The van der Waals surface area contributed by atoms with Crippen molar-refractivity contribution in [2.75, 3.05) is 77.6 Å². The molecule has 16 heteroatoms. The lowest BCUT2D eigenvalue weighted by Gasteiger charge is -2.26. The van der Waals surface area contributed by atoms with E-state index in [1.54, 1.807) is 24.3 Å². The van der Waals surface area contributed by atoms with Crippen LogP contribution in [0.3, 0.4) is 0 Å². The molecule has 0 aliphatic carbocycles. The van der Waals surface area contributed by atoms with Gasteiger partial charge < -0.3 is 48.4 Å². The molecule has 2 aromatic rings. The third-order valence-corrected chi connectivity index (χ3v) is 5.90. The molecule has 0 heterocycles. The van der Waals surface area contributed by atoms with E-state index < -0.39 is 60.0 Å². The van der Waals surface area contributed by atoms with Gasteiger partial charge in [0.15, 0.2) is 0 Å². The van der Waals surface area contributed by atoms with Crippen molar-refractivity contribution in [1.82, 2.24) is 0 Å². The molecule has 0 aliphatic rings. The average molecular weight is 621 g/mol. The maximum atomic E-state index is 12.1. The zero-order valence-electron chi connectivity index (χ0n) is 24.4. The number of para-hydroxylation sites is 2. The summed E-state index contributed by atoms with van der Waals surface area (Å²) in [5.74, 6) is -5.90.